The number of carbonyl (C=O) groups is 1. The van der Waals surface area contributed by atoms with Crippen LogP contribution in [0.5, 0.6) is 0 Å². The molecule has 1 aromatic heterocycles. The van der Waals surface area contributed by atoms with E-state index in [0.717, 1.165) is 35.0 Å². The molecule has 1 aromatic carbocycles. The molecule has 1 aliphatic heterocycles. The normalized spacial score (nSPS) is 14.4. The van der Waals surface area contributed by atoms with Crippen molar-refractivity contribution in [2.45, 2.75) is 33.2 Å². The first-order valence-corrected chi connectivity index (χ1v) is 7.01. The molecule has 2 aromatic rings. The van der Waals surface area contributed by atoms with Gasteiger partial charge in [-0.25, -0.2) is 0 Å². The molecule has 0 bridgehead atoms. The standard InChI is InChI=1S/C16H18N2O2/c1-3-15(19)18-5-4-11-7-12-6-10(2)16(20)17-14(12)8-13(11)9-18/h6-8H,3-5,9H2,1-2H3,(H,17,20). The lowest BCUT2D eigenvalue weighted by atomic mass is 9.96. The van der Waals surface area contributed by atoms with Crippen LogP contribution in [0.1, 0.15) is 30.0 Å². The molecule has 0 atom stereocenters. The Morgan fingerprint density at radius 1 is 1.30 bits per heavy atom. The number of fused-ring (bicyclic) bond motifs is 2. The predicted octanol–water partition coefficient (Wildman–Crippen LogP) is 2.13. The largest absolute Gasteiger partial charge is 0.338 e. The molecule has 4 heteroatoms. The molecule has 3 rings (SSSR count). The number of aryl methyl sites for hydroxylation is 1. The van der Waals surface area contributed by atoms with Crippen molar-refractivity contribution in [1.29, 1.82) is 0 Å². The van der Waals surface area contributed by atoms with Crippen LogP contribution in [0.25, 0.3) is 10.9 Å². The average Bonchev–Trinajstić information content (AvgIpc) is 2.45. The van der Waals surface area contributed by atoms with Crippen molar-refractivity contribution in [1.82, 2.24) is 9.88 Å². The molecule has 20 heavy (non-hydrogen) atoms. The van der Waals surface area contributed by atoms with E-state index in [0.29, 0.717) is 13.0 Å². The highest BCUT2D eigenvalue weighted by Gasteiger charge is 2.20. The van der Waals surface area contributed by atoms with E-state index in [9.17, 15) is 9.59 Å². The number of amides is 1. The molecule has 0 unspecified atom stereocenters. The molecule has 0 saturated carbocycles. The van der Waals surface area contributed by atoms with Gasteiger partial charge in [-0.1, -0.05) is 6.92 Å². The third kappa shape index (κ3) is 2.11. The Labute approximate surface area is 117 Å². The van der Waals surface area contributed by atoms with E-state index >= 15 is 0 Å². The van der Waals surface area contributed by atoms with Gasteiger partial charge in [-0.2, -0.15) is 0 Å². The number of nitrogens with one attached hydrogen (secondary N) is 1. The summed E-state index contributed by atoms with van der Waals surface area (Å²) in [7, 11) is 0. The second-order valence-corrected chi connectivity index (χ2v) is 5.41. The topological polar surface area (TPSA) is 53.2 Å². The van der Waals surface area contributed by atoms with Gasteiger partial charge < -0.3 is 9.88 Å². The molecular formula is C16H18N2O2. The minimum absolute atomic E-state index is 0.0465. The Morgan fingerprint density at radius 3 is 2.85 bits per heavy atom. The molecule has 104 valence electrons. The maximum Gasteiger partial charge on any atom is 0.251 e. The fourth-order valence-electron chi connectivity index (χ4n) is 2.81. The number of benzene rings is 1. The summed E-state index contributed by atoms with van der Waals surface area (Å²) in [5.74, 6) is 0.188. The third-order valence-electron chi connectivity index (χ3n) is 4.02. The number of hydrogen-bond acceptors (Lipinski definition) is 2. The van der Waals surface area contributed by atoms with E-state index in [4.69, 9.17) is 0 Å². The molecule has 0 fully saturated rings. The van der Waals surface area contributed by atoms with Gasteiger partial charge in [0.25, 0.3) is 5.56 Å². The molecule has 0 saturated heterocycles. The van der Waals surface area contributed by atoms with Gasteiger partial charge in [-0.15, -0.1) is 0 Å². The number of hydrogen-bond donors (Lipinski definition) is 1. The summed E-state index contributed by atoms with van der Waals surface area (Å²) >= 11 is 0. The number of aromatic amines is 1. The summed E-state index contributed by atoms with van der Waals surface area (Å²) in [5.41, 5.74) is 3.96. The molecule has 1 amide bonds. The predicted molar refractivity (Wildman–Crippen MR) is 78.7 cm³/mol. The van der Waals surface area contributed by atoms with E-state index < -0.39 is 0 Å². The number of carbonyl (C=O) groups excluding carboxylic acids is 1. The molecule has 0 aliphatic carbocycles. The first-order chi connectivity index (χ1) is 9.58. The van der Waals surface area contributed by atoms with Crippen molar-refractivity contribution in [2.75, 3.05) is 6.54 Å². The van der Waals surface area contributed by atoms with Crippen LogP contribution in [0.2, 0.25) is 0 Å². The summed E-state index contributed by atoms with van der Waals surface area (Å²) in [6.45, 7) is 5.14. The number of aromatic nitrogens is 1. The maximum absolute atomic E-state index is 11.8. The van der Waals surface area contributed by atoms with Crippen LogP contribution >= 0.6 is 0 Å². The van der Waals surface area contributed by atoms with Crippen LogP contribution in [0, 0.1) is 6.92 Å². The fraction of sp³-hybridized carbons (Fsp3) is 0.375. The summed E-state index contributed by atoms with van der Waals surface area (Å²) < 4.78 is 0. The number of H-pyrrole nitrogens is 1. The smallest absolute Gasteiger partial charge is 0.251 e. The van der Waals surface area contributed by atoms with E-state index in [1.54, 1.807) is 0 Å². The minimum atomic E-state index is -0.0465. The molecule has 2 heterocycles. The Morgan fingerprint density at radius 2 is 2.10 bits per heavy atom. The highest BCUT2D eigenvalue weighted by Crippen LogP contribution is 2.24. The van der Waals surface area contributed by atoms with Crippen LogP contribution in [-0.4, -0.2) is 22.3 Å². The molecule has 0 radical (unpaired) electrons. The minimum Gasteiger partial charge on any atom is -0.338 e. The zero-order valence-electron chi connectivity index (χ0n) is 11.8. The van der Waals surface area contributed by atoms with Crippen molar-refractivity contribution in [2.24, 2.45) is 0 Å². The van der Waals surface area contributed by atoms with Crippen molar-refractivity contribution in [3.8, 4) is 0 Å². The lowest BCUT2D eigenvalue weighted by Crippen LogP contribution is -2.35. The summed E-state index contributed by atoms with van der Waals surface area (Å²) in [6, 6.07) is 6.08. The van der Waals surface area contributed by atoms with Crippen LogP contribution in [0.3, 0.4) is 0 Å². The lowest BCUT2D eigenvalue weighted by Gasteiger charge is -2.29. The molecule has 1 N–H and O–H groups in total. The summed E-state index contributed by atoms with van der Waals surface area (Å²) in [4.78, 5) is 28.3. The Hall–Kier alpha value is -2.10. The van der Waals surface area contributed by atoms with Crippen LogP contribution in [0.4, 0.5) is 0 Å². The zero-order valence-corrected chi connectivity index (χ0v) is 11.8. The first kappa shape index (κ1) is 12.9. The van der Waals surface area contributed by atoms with Gasteiger partial charge >= 0.3 is 0 Å². The third-order valence-corrected chi connectivity index (χ3v) is 4.02. The number of rotatable bonds is 1. The van der Waals surface area contributed by atoms with Crippen molar-refractivity contribution < 1.29 is 4.79 Å². The van der Waals surface area contributed by atoms with E-state index in [2.05, 4.69) is 11.1 Å². The van der Waals surface area contributed by atoms with E-state index in [1.807, 2.05) is 30.9 Å². The Bertz CT molecular complexity index is 746. The summed E-state index contributed by atoms with van der Waals surface area (Å²) in [5, 5.41) is 1.07. The van der Waals surface area contributed by atoms with Gasteiger partial charge in [0.1, 0.15) is 0 Å². The Kier molecular flexibility index (Phi) is 3.08. The lowest BCUT2D eigenvalue weighted by molar-refractivity contribution is -0.131. The van der Waals surface area contributed by atoms with Gasteiger partial charge in [-0.05, 0) is 48.1 Å². The second kappa shape index (κ2) is 4.78. The van der Waals surface area contributed by atoms with Crippen LogP contribution in [0.15, 0.2) is 23.0 Å². The monoisotopic (exact) mass is 270 g/mol. The van der Waals surface area contributed by atoms with E-state index in [-0.39, 0.29) is 11.5 Å². The fourth-order valence-corrected chi connectivity index (χ4v) is 2.81. The van der Waals surface area contributed by atoms with Gasteiger partial charge in [0, 0.05) is 30.6 Å². The molecular weight excluding hydrogens is 252 g/mol. The highest BCUT2D eigenvalue weighted by atomic mass is 16.2. The van der Waals surface area contributed by atoms with Crippen molar-refractivity contribution >= 4 is 16.8 Å². The summed E-state index contributed by atoms with van der Waals surface area (Å²) in [6.07, 6.45) is 1.42. The number of pyridine rings is 1. The van der Waals surface area contributed by atoms with Crippen LogP contribution in [-0.2, 0) is 17.8 Å². The van der Waals surface area contributed by atoms with Gasteiger partial charge in [0.2, 0.25) is 5.91 Å². The zero-order chi connectivity index (χ0) is 14.3. The van der Waals surface area contributed by atoms with Gasteiger partial charge in [0.05, 0.1) is 0 Å². The first-order valence-electron chi connectivity index (χ1n) is 7.01. The van der Waals surface area contributed by atoms with Gasteiger partial charge in [-0.3, -0.25) is 9.59 Å². The Balaban J connectivity index is 2.06. The average molecular weight is 270 g/mol. The highest BCUT2D eigenvalue weighted by molar-refractivity contribution is 5.82. The second-order valence-electron chi connectivity index (χ2n) is 5.41. The van der Waals surface area contributed by atoms with Gasteiger partial charge in [0.15, 0.2) is 0 Å². The molecule has 4 nitrogen and oxygen atoms in total. The van der Waals surface area contributed by atoms with E-state index in [1.165, 1.54) is 5.56 Å². The molecule has 0 spiro atoms. The maximum atomic E-state index is 11.8. The quantitative estimate of drug-likeness (QED) is 0.863. The van der Waals surface area contributed by atoms with Crippen molar-refractivity contribution in [3.63, 3.8) is 0 Å². The van der Waals surface area contributed by atoms with Crippen molar-refractivity contribution in [3.05, 3.63) is 45.2 Å². The SMILES string of the molecule is CCC(=O)N1CCc2cc3cc(C)c(=O)[nH]c3cc2C1. The number of nitrogens with zero attached hydrogens (tertiary/aromatic N) is 1. The van der Waals surface area contributed by atoms with Crippen LogP contribution < -0.4 is 5.56 Å². The molecule has 1 aliphatic rings.